The van der Waals surface area contributed by atoms with E-state index >= 15 is 0 Å². The number of ether oxygens (including phenoxy) is 2. The fourth-order valence-electron chi connectivity index (χ4n) is 4.76. The molecule has 0 bridgehead atoms. The van der Waals surface area contributed by atoms with Crippen LogP contribution in [0.25, 0.3) is 21.8 Å². The van der Waals surface area contributed by atoms with Crippen molar-refractivity contribution in [1.29, 1.82) is 0 Å². The Morgan fingerprint density at radius 3 is 2.22 bits per heavy atom. The van der Waals surface area contributed by atoms with Gasteiger partial charge in [0.2, 0.25) is 5.88 Å². The molecule has 0 amide bonds. The van der Waals surface area contributed by atoms with Gasteiger partial charge < -0.3 is 14.6 Å². The molecule has 0 spiro atoms. The van der Waals surface area contributed by atoms with Crippen molar-refractivity contribution in [3.05, 3.63) is 120 Å². The summed E-state index contributed by atoms with van der Waals surface area (Å²) in [6.07, 6.45) is 2.60. The number of para-hydroxylation sites is 3. The lowest BCUT2D eigenvalue weighted by Crippen LogP contribution is -2.29. The third kappa shape index (κ3) is 3.72. The van der Waals surface area contributed by atoms with Gasteiger partial charge in [-0.1, -0.05) is 54.6 Å². The number of aromatic nitrogens is 2. The van der Waals surface area contributed by atoms with Gasteiger partial charge in [-0.05, 0) is 37.3 Å². The summed E-state index contributed by atoms with van der Waals surface area (Å²) in [5.41, 5.74) is 5.25. The molecule has 0 saturated carbocycles. The largest absolute Gasteiger partial charge is 0.485 e. The number of aliphatic hydroxyl groups excluding tert-OH is 1. The van der Waals surface area contributed by atoms with E-state index in [9.17, 15) is 5.11 Å². The summed E-state index contributed by atoms with van der Waals surface area (Å²) in [4.78, 5) is 11.0. The van der Waals surface area contributed by atoms with E-state index in [2.05, 4.69) is 9.97 Å². The lowest BCUT2D eigenvalue weighted by atomic mass is 9.99. The summed E-state index contributed by atoms with van der Waals surface area (Å²) < 4.78 is 12.6. The molecule has 1 unspecified atom stereocenters. The maximum atomic E-state index is 11.5. The number of aliphatic hydroxyl groups is 1. The molecule has 3 aromatic carbocycles. The van der Waals surface area contributed by atoms with Crippen LogP contribution in [0.4, 0.5) is 11.4 Å². The van der Waals surface area contributed by atoms with Gasteiger partial charge in [-0.15, -0.1) is 0 Å². The van der Waals surface area contributed by atoms with E-state index in [1.165, 1.54) is 0 Å². The van der Waals surface area contributed by atoms with Crippen molar-refractivity contribution in [3.8, 4) is 0 Å². The highest BCUT2D eigenvalue weighted by Crippen LogP contribution is 2.46. The minimum absolute atomic E-state index is 0.263. The lowest BCUT2D eigenvalue weighted by Gasteiger charge is -2.36. The van der Waals surface area contributed by atoms with Crippen LogP contribution in [0.2, 0.25) is 0 Å². The van der Waals surface area contributed by atoms with Crippen LogP contribution >= 0.6 is 0 Å². The molecule has 6 rings (SSSR count). The molecule has 1 atom stereocenters. The first-order valence-corrected chi connectivity index (χ1v) is 12.0. The molecule has 3 heterocycles. The Bertz CT molecular complexity index is 1590. The first-order valence-electron chi connectivity index (χ1n) is 12.0. The normalized spacial score (nSPS) is 15.3. The van der Waals surface area contributed by atoms with Crippen LogP contribution in [0.5, 0.6) is 0 Å². The van der Waals surface area contributed by atoms with Crippen LogP contribution < -0.4 is 4.90 Å². The lowest BCUT2D eigenvalue weighted by molar-refractivity contribution is 0.0674. The molecule has 0 fully saturated rings. The first-order chi connectivity index (χ1) is 17.8. The molecule has 5 aromatic rings. The van der Waals surface area contributed by atoms with Crippen molar-refractivity contribution in [2.24, 2.45) is 0 Å². The van der Waals surface area contributed by atoms with Crippen LogP contribution in [0, 0.1) is 0 Å². The summed E-state index contributed by atoms with van der Waals surface area (Å²) in [5.74, 6) is 0.843. The average Bonchev–Trinajstić information content (AvgIpc) is 2.93. The number of benzene rings is 3. The van der Waals surface area contributed by atoms with Crippen molar-refractivity contribution < 1.29 is 14.6 Å². The Morgan fingerprint density at radius 2 is 1.42 bits per heavy atom. The van der Waals surface area contributed by atoms with Crippen molar-refractivity contribution in [2.45, 2.75) is 19.6 Å². The van der Waals surface area contributed by atoms with Crippen molar-refractivity contribution >= 4 is 33.2 Å². The molecule has 2 aromatic heterocycles. The van der Waals surface area contributed by atoms with Gasteiger partial charge in [-0.3, -0.25) is 14.9 Å². The Labute approximate surface area is 209 Å². The number of hydrogen-bond acceptors (Lipinski definition) is 6. The summed E-state index contributed by atoms with van der Waals surface area (Å²) >= 11 is 0. The first kappa shape index (κ1) is 22.1. The molecule has 1 aliphatic heterocycles. The van der Waals surface area contributed by atoms with Gasteiger partial charge in [0.25, 0.3) is 0 Å². The van der Waals surface area contributed by atoms with E-state index in [0.29, 0.717) is 18.2 Å². The number of nitrogens with zero attached hydrogens (tertiary/aromatic N) is 3. The minimum Gasteiger partial charge on any atom is -0.485 e. The fourth-order valence-corrected chi connectivity index (χ4v) is 4.76. The minimum atomic E-state index is -0.972. The van der Waals surface area contributed by atoms with E-state index in [1.54, 1.807) is 12.4 Å². The summed E-state index contributed by atoms with van der Waals surface area (Å²) in [5, 5.41) is 13.5. The van der Waals surface area contributed by atoms with Gasteiger partial charge in [-0.25, -0.2) is 0 Å². The van der Waals surface area contributed by atoms with Crippen molar-refractivity contribution in [2.75, 3.05) is 11.5 Å². The summed E-state index contributed by atoms with van der Waals surface area (Å²) in [6, 6.07) is 27.6. The molecule has 1 N–H and O–H groups in total. The molecule has 178 valence electrons. The Hall–Kier alpha value is -4.42. The zero-order chi connectivity index (χ0) is 24.5. The van der Waals surface area contributed by atoms with Crippen LogP contribution in [-0.2, 0) is 16.1 Å². The molecule has 6 heteroatoms. The molecular weight excluding hydrogens is 450 g/mol. The van der Waals surface area contributed by atoms with E-state index in [1.807, 2.05) is 96.8 Å². The molecule has 36 heavy (non-hydrogen) atoms. The van der Waals surface area contributed by atoms with Crippen molar-refractivity contribution in [3.63, 3.8) is 0 Å². The van der Waals surface area contributed by atoms with Crippen LogP contribution in [-0.4, -0.2) is 21.7 Å². The molecule has 0 saturated heterocycles. The van der Waals surface area contributed by atoms with Gasteiger partial charge >= 0.3 is 0 Å². The predicted molar refractivity (Wildman–Crippen MR) is 140 cm³/mol. The van der Waals surface area contributed by atoms with Gasteiger partial charge in [0, 0.05) is 34.3 Å². The van der Waals surface area contributed by atoms with E-state index in [-0.39, 0.29) is 6.61 Å². The average molecular weight is 476 g/mol. The molecule has 0 aliphatic carbocycles. The molecule has 0 radical (unpaired) electrons. The van der Waals surface area contributed by atoms with Crippen LogP contribution in [0.15, 0.2) is 109 Å². The second kappa shape index (κ2) is 9.32. The predicted octanol–water partition coefficient (Wildman–Crippen LogP) is 6.39. The monoisotopic (exact) mass is 475 g/mol. The van der Waals surface area contributed by atoms with Crippen LogP contribution in [0.1, 0.15) is 24.2 Å². The number of anilines is 2. The summed E-state index contributed by atoms with van der Waals surface area (Å²) in [7, 11) is 0. The van der Waals surface area contributed by atoms with Gasteiger partial charge in [0.05, 0.1) is 29.0 Å². The topological polar surface area (TPSA) is 67.7 Å². The zero-order valence-corrected chi connectivity index (χ0v) is 19.8. The number of fused-ring (bicyclic) bond motifs is 3. The maximum Gasteiger partial charge on any atom is 0.241 e. The number of rotatable bonds is 6. The highest BCUT2D eigenvalue weighted by atomic mass is 16.5. The highest BCUT2D eigenvalue weighted by molar-refractivity contribution is 5.95. The Balaban J connectivity index is 1.50. The van der Waals surface area contributed by atoms with Gasteiger partial charge in [-0.2, -0.15) is 0 Å². The Kier molecular flexibility index (Phi) is 5.71. The number of hydrogen-bond donors (Lipinski definition) is 1. The third-order valence-corrected chi connectivity index (χ3v) is 6.40. The summed E-state index contributed by atoms with van der Waals surface area (Å²) in [6.45, 7) is 2.60. The second-order valence-corrected chi connectivity index (χ2v) is 8.52. The Morgan fingerprint density at radius 1 is 0.750 bits per heavy atom. The molecule has 1 aliphatic rings. The number of pyridine rings is 2. The second-order valence-electron chi connectivity index (χ2n) is 8.52. The smallest absolute Gasteiger partial charge is 0.241 e. The highest BCUT2D eigenvalue weighted by Gasteiger charge is 2.36. The SMILES string of the molecule is CCOC1=C(OCc2ccnc3ccccc23)C(O)c2ccccc2N1c1ccnc2ccccc12. The quantitative estimate of drug-likeness (QED) is 0.307. The van der Waals surface area contributed by atoms with Gasteiger partial charge in [0.15, 0.2) is 5.76 Å². The standard InChI is InChI=1S/C30H25N3O3/c1-2-35-30-29(36-19-20-15-17-31-24-12-6-3-9-21(20)24)28(34)23-11-5-8-14-26(23)33(30)27-16-18-32-25-13-7-4-10-22(25)27/h3-18,28,34H,2,19H2,1H3. The van der Waals surface area contributed by atoms with E-state index in [0.717, 1.165) is 44.3 Å². The maximum absolute atomic E-state index is 11.5. The van der Waals surface area contributed by atoms with Crippen molar-refractivity contribution in [1.82, 2.24) is 9.97 Å². The molecular formula is C30H25N3O3. The van der Waals surface area contributed by atoms with E-state index < -0.39 is 6.10 Å². The third-order valence-electron chi connectivity index (χ3n) is 6.40. The molecule has 6 nitrogen and oxygen atoms in total. The zero-order valence-electron chi connectivity index (χ0n) is 19.8. The van der Waals surface area contributed by atoms with Gasteiger partial charge in [0.1, 0.15) is 12.7 Å². The fraction of sp³-hybridized carbons (Fsp3) is 0.133. The van der Waals surface area contributed by atoms with Crippen LogP contribution in [0.3, 0.4) is 0 Å². The van der Waals surface area contributed by atoms with E-state index in [4.69, 9.17) is 9.47 Å².